The average molecular weight is 193 g/mol. The molecule has 0 amide bonds. The third-order valence-electron chi connectivity index (χ3n) is 2.12. The molecule has 1 saturated carbocycles. The van der Waals surface area contributed by atoms with Crippen LogP contribution in [0.2, 0.25) is 0 Å². The van der Waals surface area contributed by atoms with Gasteiger partial charge < -0.3 is 17.7 Å². The van der Waals surface area contributed by atoms with Crippen LogP contribution in [0.3, 0.4) is 0 Å². The highest BCUT2D eigenvalue weighted by Gasteiger charge is 2.26. The molecule has 0 aromatic heterocycles. The van der Waals surface area contributed by atoms with Crippen molar-refractivity contribution in [2.24, 2.45) is 5.92 Å². The SMILES string of the molecule is C=C(COCCC1CC1)[B-](F)(F)F. The van der Waals surface area contributed by atoms with E-state index in [0.717, 1.165) is 6.42 Å². The summed E-state index contributed by atoms with van der Waals surface area (Å²) in [5.41, 5.74) is -0.740. The Labute approximate surface area is 76.0 Å². The van der Waals surface area contributed by atoms with Crippen LogP contribution in [0.15, 0.2) is 12.1 Å². The van der Waals surface area contributed by atoms with Crippen LogP contribution in [0.4, 0.5) is 12.9 Å². The predicted molar refractivity (Wildman–Crippen MR) is 46.4 cm³/mol. The lowest BCUT2D eigenvalue weighted by atomic mass is 9.81. The van der Waals surface area contributed by atoms with E-state index < -0.39 is 12.4 Å². The van der Waals surface area contributed by atoms with Gasteiger partial charge in [0.25, 0.3) is 0 Å². The van der Waals surface area contributed by atoms with E-state index in [9.17, 15) is 12.9 Å². The van der Waals surface area contributed by atoms with Gasteiger partial charge in [-0.15, -0.1) is 12.1 Å². The molecule has 1 aliphatic rings. The Kier molecular flexibility index (Phi) is 3.42. The molecular formula is C8H13BF3O-. The van der Waals surface area contributed by atoms with Crippen LogP contribution in [0, 0.1) is 5.92 Å². The second-order valence-corrected chi connectivity index (χ2v) is 3.52. The summed E-state index contributed by atoms with van der Waals surface area (Å²) < 4.78 is 40.7. The molecule has 0 N–H and O–H groups in total. The lowest BCUT2D eigenvalue weighted by Gasteiger charge is -2.17. The summed E-state index contributed by atoms with van der Waals surface area (Å²) in [7, 11) is 0. The molecule has 0 spiro atoms. The van der Waals surface area contributed by atoms with Gasteiger partial charge in [-0.05, 0) is 12.3 Å². The van der Waals surface area contributed by atoms with E-state index in [1.54, 1.807) is 0 Å². The van der Waals surface area contributed by atoms with E-state index in [4.69, 9.17) is 4.74 Å². The largest absolute Gasteiger partial charge is 0.507 e. The Morgan fingerprint density at radius 1 is 1.38 bits per heavy atom. The molecule has 0 bridgehead atoms. The molecule has 0 radical (unpaired) electrons. The number of rotatable bonds is 6. The Hall–Kier alpha value is -0.445. The molecule has 1 rings (SSSR count). The third-order valence-corrected chi connectivity index (χ3v) is 2.12. The molecule has 0 saturated heterocycles. The van der Waals surface area contributed by atoms with Crippen molar-refractivity contribution >= 4 is 6.98 Å². The minimum atomic E-state index is -4.91. The molecule has 1 fully saturated rings. The van der Waals surface area contributed by atoms with E-state index >= 15 is 0 Å². The van der Waals surface area contributed by atoms with Crippen LogP contribution in [0.1, 0.15) is 19.3 Å². The predicted octanol–water partition coefficient (Wildman–Crippen LogP) is 2.75. The van der Waals surface area contributed by atoms with Crippen molar-refractivity contribution in [3.05, 3.63) is 12.1 Å². The molecule has 0 heterocycles. The molecular weight excluding hydrogens is 180 g/mol. The van der Waals surface area contributed by atoms with Gasteiger partial charge in [-0.25, -0.2) is 0 Å². The van der Waals surface area contributed by atoms with Crippen LogP contribution < -0.4 is 0 Å². The van der Waals surface area contributed by atoms with Crippen molar-refractivity contribution in [1.29, 1.82) is 0 Å². The zero-order chi connectivity index (χ0) is 9.90. The van der Waals surface area contributed by atoms with Crippen LogP contribution in [0.5, 0.6) is 0 Å². The molecule has 0 aliphatic heterocycles. The normalized spacial score (nSPS) is 17.5. The van der Waals surface area contributed by atoms with Crippen molar-refractivity contribution in [2.75, 3.05) is 13.2 Å². The Morgan fingerprint density at radius 2 is 2.00 bits per heavy atom. The summed E-state index contributed by atoms with van der Waals surface area (Å²) in [4.78, 5) is 0. The summed E-state index contributed by atoms with van der Waals surface area (Å²) in [6, 6.07) is 0. The molecule has 0 atom stereocenters. The quantitative estimate of drug-likeness (QED) is 0.465. The van der Waals surface area contributed by atoms with Crippen LogP contribution in [-0.4, -0.2) is 20.2 Å². The summed E-state index contributed by atoms with van der Waals surface area (Å²) in [6.07, 6.45) is 3.29. The van der Waals surface area contributed by atoms with Crippen molar-refractivity contribution in [3.63, 3.8) is 0 Å². The molecule has 76 valence electrons. The fourth-order valence-corrected chi connectivity index (χ4v) is 0.954. The van der Waals surface area contributed by atoms with Gasteiger partial charge in [-0.1, -0.05) is 12.8 Å². The maximum absolute atomic E-state index is 11.9. The number of hydrogen-bond acceptors (Lipinski definition) is 1. The van der Waals surface area contributed by atoms with Crippen molar-refractivity contribution in [3.8, 4) is 0 Å². The molecule has 0 aromatic carbocycles. The second kappa shape index (κ2) is 4.18. The highest BCUT2D eigenvalue weighted by molar-refractivity contribution is 6.66. The van der Waals surface area contributed by atoms with Gasteiger partial charge in [0.15, 0.2) is 0 Å². The minimum absolute atomic E-state index is 0.365. The monoisotopic (exact) mass is 193 g/mol. The molecule has 13 heavy (non-hydrogen) atoms. The second-order valence-electron chi connectivity index (χ2n) is 3.52. The summed E-state index contributed by atoms with van der Waals surface area (Å²) in [5, 5.41) is 0. The van der Waals surface area contributed by atoms with Crippen LogP contribution >= 0.6 is 0 Å². The zero-order valence-corrected chi connectivity index (χ0v) is 7.44. The Bertz CT molecular complexity index is 186. The number of hydrogen-bond donors (Lipinski definition) is 0. The topological polar surface area (TPSA) is 9.23 Å². The van der Waals surface area contributed by atoms with Gasteiger partial charge in [0.05, 0.1) is 0 Å². The van der Waals surface area contributed by atoms with Gasteiger partial charge in [0.2, 0.25) is 0 Å². The van der Waals surface area contributed by atoms with E-state index in [-0.39, 0.29) is 6.61 Å². The zero-order valence-electron chi connectivity index (χ0n) is 7.44. The smallest absolute Gasteiger partial charge is 0.445 e. The fourth-order valence-electron chi connectivity index (χ4n) is 0.954. The Balaban J connectivity index is 2.00. The first-order valence-electron chi connectivity index (χ1n) is 4.45. The minimum Gasteiger partial charge on any atom is -0.445 e. The van der Waals surface area contributed by atoms with E-state index in [2.05, 4.69) is 6.58 Å². The first-order chi connectivity index (χ1) is 6.00. The average Bonchev–Trinajstić information content (AvgIpc) is 2.79. The first-order valence-corrected chi connectivity index (χ1v) is 4.45. The van der Waals surface area contributed by atoms with Gasteiger partial charge in [0, 0.05) is 13.2 Å². The number of ether oxygens (including phenoxy) is 1. The van der Waals surface area contributed by atoms with Gasteiger partial charge in [0.1, 0.15) is 0 Å². The summed E-state index contributed by atoms with van der Waals surface area (Å²) in [5.74, 6) is 0.699. The fraction of sp³-hybridized carbons (Fsp3) is 0.750. The maximum Gasteiger partial charge on any atom is 0.507 e. The Morgan fingerprint density at radius 3 is 2.46 bits per heavy atom. The highest BCUT2D eigenvalue weighted by Crippen LogP contribution is 2.32. The van der Waals surface area contributed by atoms with Crippen molar-refractivity contribution in [1.82, 2.24) is 0 Å². The molecule has 1 aliphatic carbocycles. The van der Waals surface area contributed by atoms with Crippen molar-refractivity contribution in [2.45, 2.75) is 19.3 Å². The van der Waals surface area contributed by atoms with Crippen molar-refractivity contribution < 1.29 is 17.7 Å². The third kappa shape index (κ3) is 4.36. The van der Waals surface area contributed by atoms with Gasteiger partial charge in [-0.2, -0.15) is 0 Å². The van der Waals surface area contributed by atoms with Gasteiger partial charge >= 0.3 is 6.98 Å². The molecule has 0 unspecified atom stereocenters. The van der Waals surface area contributed by atoms with E-state index in [1.165, 1.54) is 12.8 Å². The van der Waals surface area contributed by atoms with Crippen LogP contribution in [-0.2, 0) is 4.74 Å². The van der Waals surface area contributed by atoms with Crippen LogP contribution in [0.25, 0.3) is 0 Å². The first kappa shape index (κ1) is 10.6. The van der Waals surface area contributed by atoms with Gasteiger partial charge in [-0.3, -0.25) is 0 Å². The van der Waals surface area contributed by atoms with E-state index in [1.807, 2.05) is 0 Å². The molecule has 0 aromatic rings. The molecule has 5 heteroatoms. The lowest BCUT2D eigenvalue weighted by molar-refractivity contribution is 0.150. The highest BCUT2D eigenvalue weighted by atomic mass is 19.4. The number of halogens is 3. The maximum atomic E-state index is 11.9. The molecule has 1 nitrogen and oxygen atoms in total. The van der Waals surface area contributed by atoms with E-state index in [0.29, 0.717) is 12.5 Å². The lowest BCUT2D eigenvalue weighted by Crippen LogP contribution is -2.22. The summed E-state index contributed by atoms with van der Waals surface area (Å²) in [6.45, 7) is -1.91. The standard InChI is InChI=1S/C8H13BF3O/c1-7(9(10,11)12)6-13-5-4-8-2-3-8/h8H,1-6H2/q-1. The summed E-state index contributed by atoms with van der Waals surface area (Å²) >= 11 is 0.